The molecule has 0 saturated carbocycles. The van der Waals surface area contributed by atoms with Gasteiger partial charge in [0.1, 0.15) is 5.75 Å². The predicted molar refractivity (Wildman–Crippen MR) is 65.3 cm³/mol. The van der Waals surface area contributed by atoms with Crippen molar-refractivity contribution in [1.82, 2.24) is 5.32 Å². The Balaban J connectivity index is 2.75. The molecule has 3 nitrogen and oxygen atoms in total. The van der Waals surface area contributed by atoms with Gasteiger partial charge in [0.25, 0.3) is 0 Å². The topological polar surface area (TPSA) is 38.3 Å². The Morgan fingerprint density at radius 3 is 2.38 bits per heavy atom. The summed E-state index contributed by atoms with van der Waals surface area (Å²) in [5.74, 6) is 0.755. The normalized spacial score (nSPS) is 11.7. The standard InChI is InChI=1S/C13H17NO2/c1-9(10(2)14-11(3)15)12-5-7-13(16-4)8-6-12/h5-8,10H,1H2,2-4H3,(H,14,15)/t10-/m1/s1. The van der Waals surface area contributed by atoms with Gasteiger partial charge in [0.15, 0.2) is 0 Å². The van der Waals surface area contributed by atoms with Crippen molar-refractivity contribution in [1.29, 1.82) is 0 Å². The van der Waals surface area contributed by atoms with Crippen LogP contribution in [0.4, 0.5) is 0 Å². The fourth-order valence-corrected chi connectivity index (χ4v) is 1.45. The molecule has 0 spiro atoms. The molecule has 0 unspecified atom stereocenters. The molecule has 0 fully saturated rings. The highest BCUT2D eigenvalue weighted by Gasteiger charge is 2.09. The average Bonchev–Trinajstić information content (AvgIpc) is 2.27. The number of hydrogen-bond acceptors (Lipinski definition) is 2. The SMILES string of the molecule is C=C(c1ccc(OC)cc1)[C@@H](C)NC(C)=O. The van der Waals surface area contributed by atoms with Crippen molar-refractivity contribution >= 4 is 11.5 Å². The molecular weight excluding hydrogens is 202 g/mol. The zero-order valence-electron chi connectivity index (χ0n) is 9.91. The molecular formula is C13H17NO2. The van der Waals surface area contributed by atoms with Gasteiger partial charge in [-0.2, -0.15) is 0 Å². The monoisotopic (exact) mass is 219 g/mol. The molecule has 1 amide bonds. The molecule has 0 saturated heterocycles. The maximum absolute atomic E-state index is 10.9. The minimum Gasteiger partial charge on any atom is -0.497 e. The van der Waals surface area contributed by atoms with Crippen LogP contribution < -0.4 is 10.1 Å². The summed E-state index contributed by atoms with van der Waals surface area (Å²) in [6.45, 7) is 7.39. The molecule has 0 heterocycles. The molecule has 0 aliphatic heterocycles. The number of nitrogens with one attached hydrogen (secondary N) is 1. The molecule has 0 aliphatic rings. The molecule has 1 aromatic carbocycles. The molecule has 1 N–H and O–H groups in total. The number of amides is 1. The maximum atomic E-state index is 10.9. The van der Waals surface area contributed by atoms with Crippen LogP contribution in [0.25, 0.3) is 5.57 Å². The highest BCUT2D eigenvalue weighted by Crippen LogP contribution is 2.19. The molecule has 0 radical (unpaired) electrons. The van der Waals surface area contributed by atoms with Gasteiger partial charge in [-0.3, -0.25) is 4.79 Å². The Bertz CT molecular complexity index is 381. The number of hydrogen-bond donors (Lipinski definition) is 1. The van der Waals surface area contributed by atoms with Crippen molar-refractivity contribution in [2.24, 2.45) is 0 Å². The van der Waals surface area contributed by atoms with E-state index in [1.165, 1.54) is 6.92 Å². The third-order valence-corrected chi connectivity index (χ3v) is 2.40. The van der Waals surface area contributed by atoms with Gasteiger partial charge in [0, 0.05) is 6.92 Å². The van der Waals surface area contributed by atoms with Crippen LogP contribution >= 0.6 is 0 Å². The van der Waals surface area contributed by atoms with Gasteiger partial charge in [-0.15, -0.1) is 0 Å². The summed E-state index contributed by atoms with van der Waals surface area (Å²) in [5.41, 5.74) is 1.89. The summed E-state index contributed by atoms with van der Waals surface area (Å²) in [6, 6.07) is 7.55. The predicted octanol–water partition coefficient (Wildman–Crippen LogP) is 2.23. The lowest BCUT2D eigenvalue weighted by molar-refractivity contribution is -0.119. The minimum absolute atomic E-state index is 0.0536. The van der Waals surface area contributed by atoms with E-state index in [1.54, 1.807) is 7.11 Å². The van der Waals surface area contributed by atoms with E-state index in [9.17, 15) is 4.79 Å². The number of carbonyl (C=O) groups is 1. The van der Waals surface area contributed by atoms with Crippen LogP contribution in [0.1, 0.15) is 19.4 Å². The minimum atomic E-state index is -0.0640. The van der Waals surface area contributed by atoms with E-state index in [-0.39, 0.29) is 11.9 Å². The van der Waals surface area contributed by atoms with E-state index < -0.39 is 0 Å². The first-order chi connectivity index (χ1) is 7.54. The van der Waals surface area contributed by atoms with E-state index >= 15 is 0 Å². The summed E-state index contributed by atoms with van der Waals surface area (Å²) < 4.78 is 5.07. The molecule has 3 heteroatoms. The van der Waals surface area contributed by atoms with E-state index in [0.29, 0.717) is 0 Å². The first kappa shape index (κ1) is 12.3. The second-order valence-electron chi connectivity index (χ2n) is 3.68. The molecule has 1 aromatic rings. The van der Waals surface area contributed by atoms with Crippen molar-refractivity contribution in [3.05, 3.63) is 36.4 Å². The van der Waals surface area contributed by atoms with Crippen LogP contribution in [-0.4, -0.2) is 19.1 Å². The van der Waals surface area contributed by atoms with Crippen molar-refractivity contribution in [2.45, 2.75) is 19.9 Å². The zero-order chi connectivity index (χ0) is 12.1. The Hall–Kier alpha value is -1.77. The summed E-state index contributed by atoms with van der Waals surface area (Å²) >= 11 is 0. The van der Waals surface area contributed by atoms with Crippen LogP contribution in [0, 0.1) is 0 Å². The summed E-state index contributed by atoms with van der Waals surface area (Å²) in [5, 5.41) is 2.80. The summed E-state index contributed by atoms with van der Waals surface area (Å²) in [6.07, 6.45) is 0. The lowest BCUT2D eigenvalue weighted by atomic mass is 10.0. The zero-order valence-corrected chi connectivity index (χ0v) is 9.91. The van der Waals surface area contributed by atoms with Gasteiger partial charge in [0.05, 0.1) is 13.2 Å². The molecule has 1 atom stereocenters. The second kappa shape index (κ2) is 5.35. The van der Waals surface area contributed by atoms with Crippen molar-refractivity contribution in [2.75, 3.05) is 7.11 Å². The fraction of sp³-hybridized carbons (Fsp3) is 0.308. The quantitative estimate of drug-likeness (QED) is 0.843. The van der Waals surface area contributed by atoms with Crippen LogP contribution in [0.15, 0.2) is 30.8 Å². The molecule has 0 aromatic heterocycles. The highest BCUT2D eigenvalue weighted by atomic mass is 16.5. The van der Waals surface area contributed by atoms with Gasteiger partial charge in [-0.25, -0.2) is 0 Å². The Morgan fingerprint density at radius 2 is 1.94 bits per heavy atom. The van der Waals surface area contributed by atoms with Gasteiger partial charge in [-0.1, -0.05) is 18.7 Å². The molecule has 1 rings (SSSR count). The van der Waals surface area contributed by atoms with Crippen LogP contribution in [0.3, 0.4) is 0 Å². The smallest absolute Gasteiger partial charge is 0.217 e. The number of benzene rings is 1. The van der Waals surface area contributed by atoms with E-state index in [0.717, 1.165) is 16.9 Å². The van der Waals surface area contributed by atoms with E-state index in [2.05, 4.69) is 11.9 Å². The lowest BCUT2D eigenvalue weighted by Crippen LogP contribution is -2.31. The average molecular weight is 219 g/mol. The molecule has 16 heavy (non-hydrogen) atoms. The van der Waals surface area contributed by atoms with Crippen molar-refractivity contribution in [3.63, 3.8) is 0 Å². The summed E-state index contributed by atoms with van der Waals surface area (Å²) in [7, 11) is 1.63. The molecule has 0 aliphatic carbocycles. The van der Waals surface area contributed by atoms with E-state index in [4.69, 9.17) is 4.74 Å². The Morgan fingerprint density at radius 1 is 1.38 bits per heavy atom. The van der Waals surface area contributed by atoms with Crippen molar-refractivity contribution < 1.29 is 9.53 Å². The number of carbonyl (C=O) groups excluding carboxylic acids is 1. The largest absolute Gasteiger partial charge is 0.497 e. The van der Waals surface area contributed by atoms with Crippen LogP contribution in [-0.2, 0) is 4.79 Å². The van der Waals surface area contributed by atoms with Gasteiger partial charge >= 0.3 is 0 Å². The first-order valence-corrected chi connectivity index (χ1v) is 5.15. The highest BCUT2D eigenvalue weighted by molar-refractivity contribution is 5.78. The number of methoxy groups -OCH3 is 1. The van der Waals surface area contributed by atoms with E-state index in [1.807, 2.05) is 31.2 Å². The third kappa shape index (κ3) is 3.12. The second-order valence-corrected chi connectivity index (χ2v) is 3.68. The molecule has 86 valence electrons. The number of rotatable bonds is 4. The summed E-state index contributed by atoms with van der Waals surface area (Å²) in [4.78, 5) is 10.9. The Labute approximate surface area is 96.1 Å². The first-order valence-electron chi connectivity index (χ1n) is 5.15. The van der Waals surface area contributed by atoms with Gasteiger partial charge < -0.3 is 10.1 Å². The maximum Gasteiger partial charge on any atom is 0.217 e. The molecule has 0 bridgehead atoms. The third-order valence-electron chi connectivity index (χ3n) is 2.40. The van der Waals surface area contributed by atoms with Crippen LogP contribution in [0.5, 0.6) is 5.75 Å². The van der Waals surface area contributed by atoms with Gasteiger partial charge in [0.2, 0.25) is 5.91 Å². The Kier molecular flexibility index (Phi) is 4.11. The number of ether oxygens (including phenoxy) is 1. The van der Waals surface area contributed by atoms with Crippen LogP contribution in [0.2, 0.25) is 0 Å². The van der Waals surface area contributed by atoms with Gasteiger partial charge in [-0.05, 0) is 30.2 Å². The van der Waals surface area contributed by atoms with Crippen molar-refractivity contribution in [3.8, 4) is 5.75 Å². The fourth-order valence-electron chi connectivity index (χ4n) is 1.45. The lowest BCUT2D eigenvalue weighted by Gasteiger charge is -2.16.